The molecule has 0 spiro atoms. The van der Waals surface area contributed by atoms with Crippen molar-refractivity contribution in [3.05, 3.63) is 35.9 Å². The van der Waals surface area contributed by atoms with Gasteiger partial charge in [0.15, 0.2) is 12.3 Å². The number of nitrogens with zero attached hydrogens (tertiary/aromatic N) is 1. The number of aliphatic hydroxyl groups is 1. The van der Waals surface area contributed by atoms with E-state index in [0.717, 1.165) is 0 Å². The molecule has 0 bridgehead atoms. The largest absolute Gasteiger partial charge is 0.459 e. The molecule has 11 nitrogen and oxygen atoms in total. The van der Waals surface area contributed by atoms with Crippen molar-refractivity contribution in [2.45, 2.75) is 90.6 Å². The van der Waals surface area contributed by atoms with Crippen LogP contribution in [0.15, 0.2) is 30.3 Å². The van der Waals surface area contributed by atoms with Gasteiger partial charge >= 0.3 is 18.2 Å². The monoisotopic (exact) mass is 510 g/mol. The Hall–Kier alpha value is -2.89. The SMILES string of the molecule is CC(C)(C)OC(=O)NN(C(=O)OC(C)(C)C)[C@H](C(=O)OCc1ccccc1)[C@@H](O)CC1OCCCO1. The van der Waals surface area contributed by atoms with E-state index in [1.165, 1.54) is 0 Å². The van der Waals surface area contributed by atoms with Gasteiger partial charge in [0.1, 0.15) is 17.8 Å². The molecule has 0 aliphatic carbocycles. The second kappa shape index (κ2) is 12.9. The predicted octanol–water partition coefficient (Wildman–Crippen LogP) is 3.29. The van der Waals surface area contributed by atoms with Crippen LogP contribution in [-0.4, -0.2) is 71.1 Å². The number of aliphatic hydroxyl groups excluding tert-OH is 1. The minimum absolute atomic E-state index is 0.117. The van der Waals surface area contributed by atoms with E-state index >= 15 is 0 Å². The number of benzene rings is 1. The van der Waals surface area contributed by atoms with Crippen LogP contribution in [-0.2, 0) is 35.1 Å². The van der Waals surface area contributed by atoms with Crippen LogP contribution in [0.25, 0.3) is 0 Å². The summed E-state index contributed by atoms with van der Waals surface area (Å²) in [6.45, 7) is 10.5. The van der Waals surface area contributed by atoms with Gasteiger partial charge in [-0.25, -0.2) is 19.8 Å². The number of esters is 1. The zero-order chi connectivity index (χ0) is 26.9. The summed E-state index contributed by atoms with van der Waals surface area (Å²) in [6, 6.07) is 7.20. The van der Waals surface area contributed by atoms with Crippen molar-refractivity contribution in [2.24, 2.45) is 0 Å². The lowest BCUT2D eigenvalue weighted by Gasteiger charge is -2.35. The third-order valence-electron chi connectivity index (χ3n) is 4.64. The molecule has 1 aromatic rings. The average Bonchev–Trinajstić information content (AvgIpc) is 2.76. The molecule has 0 unspecified atom stereocenters. The van der Waals surface area contributed by atoms with Crippen LogP contribution in [0.4, 0.5) is 9.59 Å². The molecular weight excluding hydrogens is 472 g/mol. The fraction of sp³-hybridized carbons (Fsp3) is 0.640. The van der Waals surface area contributed by atoms with Gasteiger partial charge in [-0.05, 0) is 53.5 Å². The Labute approximate surface area is 211 Å². The summed E-state index contributed by atoms with van der Waals surface area (Å²) >= 11 is 0. The molecule has 36 heavy (non-hydrogen) atoms. The molecule has 0 saturated carbocycles. The first kappa shape index (κ1) is 29.3. The highest BCUT2D eigenvalue weighted by Crippen LogP contribution is 2.20. The molecular formula is C25H38N2O9. The van der Waals surface area contributed by atoms with Gasteiger partial charge in [0.2, 0.25) is 0 Å². The van der Waals surface area contributed by atoms with Crippen LogP contribution in [0.2, 0.25) is 0 Å². The van der Waals surface area contributed by atoms with Crippen molar-refractivity contribution < 1.29 is 43.2 Å². The summed E-state index contributed by atoms with van der Waals surface area (Å²) in [7, 11) is 0. The lowest BCUT2D eigenvalue weighted by molar-refractivity contribution is -0.197. The Morgan fingerprint density at radius 3 is 2.17 bits per heavy atom. The zero-order valence-corrected chi connectivity index (χ0v) is 21.8. The second-order valence-electron chi connectivity index (χ2n) is 10.3. The summed E-state index contributed by atoms with van der Waals surface area (Å²) in [5.74, 6) is -0.968. The molecule has 1 aliphatic heterocycles. The Balaban J connectivity index is 2.33. The third kappa shape index (κ3) is 10.4. The van der Waals surface area contributed by atoms with Crippen molar-refractivity contribution in [3.8, 4) is 0 Å². The topological polar surface area (TPSA) is 133 Å². The molecule has 2 rings (SSSR count). The summed E-state index contributed by atoms with van der Waals surface area (Å²) in [6.07, 6.45) is -3.93. The number of rotatable bonds is 7. The molecule has 11 heteroatoms. The van der Waals surface area contributed by atoms with E-state index in [1.807, 2.05) is 6.07 Å². The Kier molecular flexibility index (Phi) is 10.5. The minimum atomic E-state index is -1.69. The van der Waals surface area contributed by atoms with E-state index in [1.54, 1.807) is 65.8 Å². The number of nitrogens with one attached hydrogen (secondary N) is 1. The highest BCUT2D eigenvalue weighted by Gasteiger charge is 2.42. The number of carbonyl (C=O) groups excluding carboxylic acids is 3. The third-order valence-corrected chi connectivity index (χ3v) is 4.64. The second-order valence-corrected chi connectivity index (χ2v) is 10.3. The number of hydrogen-bond acceptors (Lipinski definition) is 9. The molecule has 2 atom stereocenters. The lowest BCUT2D eigenvalue weighted by atomic mass is 10.1. The van der Waals surface area contributed by atoms with Gasteiger partial charge in [-0.15, -0.1) is 0 Å². The quantitative estimate of drug-likeness (QED) is 0.322. The van der Waals surface area contributed by atoms with Gasteiger partial charge in [0.05, 0.1) is 19.3 Å². The van der Waals surface area contributed by atoms with Crippen molar-refractivity contribution in [3.63, 3.8) is 0 Å². The van der Waals surface area contributed by atoms with E-state index < -0.39 is 47.8 Å². The van der Waals surface area contributed by atoms with Crippen LogP contribution in [0.1, 0.15) is 59.9 Å². The fourth-order valence-electron chi connectivity index (χ4n) is 3.19. The van der Waals surface area contributed by atoms with E-state index in [9.17, 15) is 19.5 Å². The molecule has 1 fully saturated rings. The molecule has 0 aromatic heterocycles. The first-order valence-electron chi connectivity index (χ1n) is 11.9. The lowest BCUT2D eigenvalue weighted by Crippen LogP contribution is -2.61. The smallest absolute Gasteiger partial charge is 0.430 e. The van der Waals surface area contributed by atoms with Gasteiger partial charge in [-0.1, -0.05) is 30.3 Å². The minimum Gasteiger partial charge on any atom is -0.459 e. The predicted molar refractivity (Wildman–Crippen MR) is 128 cm³/mol. The average molecular weight is 511 g/mol. The number of hydrogen-bond donors (Lipinski definition) is 2. The van der Waals surface area contributed by atoms with Gasteiger partial charge in [0, 0.05) is 6.42 Å². The summed E-state index contributed by atoms with van der Waals surface area (Å²) in [4.78, 5) is 39.0. The molecule has 202 valence electrons. The maximum atomic E-state index is 13.3. The molecule has 1 saturated heterocycles. The maximum Gasteiger partial charge on any atom is 0.430 e. The van der Waals surface area contributed by atoms with Crippen molar-refractivity contribution in [1.29, 1.82) is 0 Å². The van der Waals surface area contributed by atoms with Crippen molar-refractivity contribution in [1.82, 2.24) is 10.4 Å². The van der Waals surface area contributed by atoms with E-state index in [-0.39, 0.29) is 13.0 Å². The maximum absolute atomic E-state index is 13.3. The first-order chi connectivity index (χ1) is 16.7. The van der Waals surface area contributed by atoms with Gasteiger partial charge in [-0.3, -0.25) is 0 Å². The summed E-state index contributed by atoms with van der Waals surface area (Å²) in [5, 5.41) is 11.7. The van der Waals surface area contributed by atoms with Crippen LogP contribution in [0.3, 0.4) is 0 Å². The van der Waals surface area contributed by atoms with E-state index in [0.29, 0.717) is 30.2 Å². The molecule has 0 radical (unpaired) electrons. The van der Waals surface area contributed by atoms with E-state index in [4.69, 9.17) is 23.7 Å². The van der Waals surface area contributed by atoms with Crippen LogP contribution < -0.4 is 5.43 Å². The van der Waals surface area contributed by atoms with Crippen LogP contribution in [0.5, 0.6) is 0 Å². The standard InChI is InChI=1S/C25H38N2O9/c1-24(2,3)35-22(30)26-27(23(31)36-25(4,5)6)20(18(28)15-19-32-13-10-14-33-19)21(29)34-16-17-11-8-7-9-12-17/h7-9,11-12,18-20,28H,10,13-16H2,1-6H3,(H,26,30)/t18-,20-/m0/s1. The van der Waals surface area contributed by atoms with E-state index in [2.05, 4.69) is 5.43 Å². The molecule has 1 aliphatic rings. The van der Waals surface area contributed by atoms with Gasteiger partial charge < -0.3 is 28.8 Å². The zero-order valence-electron chi connectivity index (χ0n) is 21.8. The molecule has 1 heterocycles. The summed E-state index contributed by atoms with van der Waals surface area (Å²) in [5.41, 5.74) is 1.08. The molecule has 2 amide bonds. The Morgan fingerprint density at radius 1 is 1.03 bits per heavy atom. The van der Waals surface area contributed by atoms with Gasteiger partial charge in [-0.2, -0.15) is 5.01 Å². The van der Waals surface area contributed by atoms with Crippen molar-refractivity contribution in [2.75, 3.05) is 13.2 Å². The highest BCUT2D eigenvalue weighted by molar-refractivity contribution is 5.84. The Bertz CT molecular complexity index is 859. The highest BCUT2D eigenvalue weighted by atomic mass is 16.7. The molecule has 2 N–H and O–H groups in total. The number of amides is 2. The number of carbonyl (C=O) groups is 3. The number of ether oxygens (including phenoxy) is 5. The van der Waals surface area contributed by atoms with Crippen LogP contribution in [0, 0.1) is 0 Å². The van der Waals surface area contributed by atoms with Gasteiger partial charge in [0.25, 0.3) is 0 Å². The molecule has 1 aromatic carbocycles. The van der Waals surface area contributed by atoms with Crippen molar-refractivity contribution >= 4 is 18.2 Å². The Morgan fingerprint density at radius 2 is 1.61 bits per heavy atom. The first-order valence-corrected chi connectivity index (χ1v) is 11.9. The fourth-order valence-corrected chi connectivity index (χ4v) is 3.19. The normalized spacial score (nSPS) is 16.4. The summed E-state index contributed by atoms with van der Waals surface area (Å²) < 4.78 is 27.1. The number of hydrazine groups is 1. The van der Waals surface area contributed by atoms with Crippen LogP contribution >= 0.6 is 0 Å².